The predicted octanol–water partition coefficient (Wildman–Crippen LogP) is 3.45. The monoisotopic (exact) mass is 353 g/mol. The number of hydrogen-bond donors (Lipinski definition) is 1. The number of carbonyl (C=O) groups is 1. The number of carbonyl (C=O) groups excluding carboxylic acids is 1. The summed E-state index contributed by atoms with van der Waals surface area (Å²) < 4.78 is 11.9. The summed E-state index contributed by atoms with van der Waals surface area (Å²) in [6.07, 6.45) is -0.100. The minimum absolute atomic E-state index is 0.248. The lowest BCUT2D eigenvalue weighted by molar-refractivity contribution is -0.122. The fraction of sp³-hybridized carbons (Fsp3) is 0.400. The first-order valence-electron chi connectivity index (χ1n) is 7.24. The molecule has 1 aromatic heterocycles. The number of anilines is 1. The Kier molecular flexibility index (Phi) is 6.66. The summed E-state index contributed by atoms with van der Waals surface area (Å²) in [6.45, 7) is 3.93. The van der Waals surface area contributed by atoms with Crippen LogP contribution in [0, 0.1) is 0 Å². The van der Waals surface area contributed by atoms with Gasteiger partial charge in [-0.25, -0.2) is 0 Å². The van der Waals surface area contributed by atoms with Crippen molar-refractivity contribution in [2.75, 3.05) is 18.2 Å². The second kappa shape index (κ2) is 8.73. The van der Waals surface area contributed by atoms with E-state index in [1.54, 1.807) is 31.0 Å². The molecule has 0 fully saturated rings. The molecule has 1 atom stereocenters. The molecular weight excluding hydrogens is 334 g/mol. The van der Waals surface area contributed by atoms with Gasteiger partial charge in [-0.05, 0) is 24.3 Å². The third-order valence-corrected chi connectivity index (χ3v) is 4.76. The van der Waals surface area contributed by atoms with Crippen LogP contribution >= 0.6 is 23.1 Å². The number of methoxy groups -OCH3 is 1. The van der Waals surface area contributed by atoms with Crippen LogP contribution < -0.4 is 14.8 Å². The van der Waals surface area contributed by atoms with Crippen LogP contribution in [0.2, 0.25) is 0 Å². The normalized spacial score (nSPS) is 11.8. The van der Waals surface area contributed by atoms with E-state index < -0.39 is 6.10 Å². The molecule has 0 aliphatic heterocycles. The van der Waals surface area contributed by atoms with Crippen molar-refractivity contribution in [3.8, 4) is 11.5 Å². The van der Waals surface area contributed by atoms with Crippen LogP contribution in [0.25, 0.3) is 0 Å². The summed E-state index contributed by atoms with van der Waals surface area (Å²) >= 11 is 2.95. The zero-order chi connectivity index (χ0) is 16.7. The molecule has 0 aliphatic carbocycles. The minimum atomic E-state index is -0.627. The van der Waals surface area contributed by atoms with Crippen molar-refractivity contribution < 1.29 is 14.3 Å². The van der Waals surface area contributed by atoms with E-state index >= 15 is 0 Å². The fourth-order valence-corrected chi connectivity index (χ4v) is 3.47. The van der Waals surface area contributed by atoms with Gasteiger partial charge in [-0.15, -0.1) is 10.2 Å². The molecule has 0 radical (unpaired) electrons. The van der Waals surface area contributed by atoms with E-state index in [1.807, 2.05) is 26.0 Å². The van der Waals surface area contributed by atoms with Crippen molar-refractivity contribution in [3.63, 3.8) is 0 Å². The van der Waals surface area contributed by atoms with Crippen molar-refractivity contribution in [1.82, 2.24) is 10.2 Å². The smallest absolute Gasteiger partial charge is 0.267 e. The van der Waals surface area contributed by atoms with Crippen molar-refractivity contribution in [2.24, 2.45) is 0 Å². The van der Waals surface area contributed by atoms with Gasteiger partial charge in [0.15, 0.2) is 21.9 Å². The number of benzene rings is 1. The summed E-state index contributed by atoms with van der Waals surface area (Å²) in [4.78, 5) is 12.4. The highest BCUT2D eigenvalue weighted by atomic mass is 32.2. The average Bonchev–Trinajstić information content (AvgIpc) is 3.00. The number of amides is 1. The second-order valence-electron chi connectivity index (χ2n) is 4.46. The molecule has 8 heteroatoms. The Bertz CT molecular complexity index is 648. The quantitative estimate of drug-likeness (QED) is 0.579. The van der Waals surface area contributed by atoms with Crippen LogP contribution in [0.5, 0.6) is 11.5 Å². The molecule has 23 heavy (non-hydrogen) atoms. The molecule has 0 saturated carbocycles. The number of rotatable bonds is 8. The molecule has 0 aliphatic rings. The van der Waals surface area contributed by atoms with Crippen LogP contribution in [-0.4, -0.2) is 35.1 Å². The number of nitrogens with zero attached hydrogens (tertiary/aromatic N) is 2. The number of ether oxygens (including phenoxy) is 2. The Labute approximate surface area is 143 Å². The van der Waals surface area contributed by atoms with Gasteiger partial charge in [-0.3, -0.25) is 10.1 Å². The van der Waals surface area contributed by atoms with Gasteiger partial charge in [0.05, 0.1) is 7.11 Å². The second-order valence-corrected chi connectivity index (χ2v) is 6.95. The third-order valence-electron chi connectivity index (χ3n) is 2.91. The molecule has 2 aromatic rings. The van der Waals surface area contributed by atoms with Crippen LogP contribution in [-0.2, 0) is 4.79 Å². The van der Waals surface area contributed by atoms with E-state index in [1.165, 1.54) is 11.3 Å². The van der Waals surface area contributed by atoms with Crippen molar-refractivity contribution in [1.29, 1.82) is 0 Å². The lowest BCUT2D eigenvalue weighted by Crippen LogP contribution is -2.32. The summed E-state index contributed by atoms with van der Waals surface area (Å²) in [5, 5.41) is 11.2. The van der Waals surface area contributed by atoms with Gasteiger partial charge in [-0.2, -0.15) is 0 Å². The molecule has 0 bridgehead atoms. The maximum Gasteiger partial charge on any atom is 0.267 e. The van der Waals surface area contributed by atoms with Crippen molar-refractivity contribution in [2.45, 2.75) is 30.7 Å². The lowest BCUT2D eigenvalue weighted by Gasteiger charge is -2.17. The van der Waals surface area contributed by atoms with E-state index in [0.717, 1.165) is 10.1 Å². The van der Waals surface area contributed by atoms with Crippen LogP contribution in [0.1, 0.15) is 20.3 Å². The zero-order valence-corrected chi connectivity index (χ0v) is 14.9. The number of para-hydroxylation sites is 2. The van der Waals surface area contributed by atoms with E-state index in [9.17, 15) is 4.79 Å². The first-order valence-corrected chi connectivity index (χ1v) is 9.05. The molecule has 1 aromatic carbocycles. The Morgan fingerprint density at radius 1 is 1.30 bits per heavy atom. The van der Waals surface area contributed by atoms with E-state index in [0.29, 0.717) is 23.1 Å². The fourth-order valence-electron chi connectivity index (χ4n) is 1.82. The van der Waals surface area contributed by atoms with Crippen molar-refractivity contribution >= 4 is 34.1 Å². The molecule has 1 N–H and O–H groups in total. The summed E-state index contributed by atoms with van der Waals surface area (Å²) in [6, 6.07) is 7.25. The SMILES string of the molecule is CCSc1nnc(NC(=O)[C@H](CC)Oc2ccccc2OC)s1. The van der Waals surface area contributed by atoms with Gasteiger partial charge in [0, 0.05) is 0 Å². The first-order chi connectivity index (χ1) is 11.2. The summed E-state index contributed by atoms with van der Waals surface area (Å²) in [5.41, 5.74) is 0. The number of nitrogens with one attached hydrogen (secondary N) is 1. The Morgan fingerprint density at radius 3 is 2.70 bits per heavy atom. The molecule has 6 nitrogen and oxygen atoms in total. The van der Waals surface area contributed by atoms with Gasteiger partial charge in [0.2, 0.25) is 5.13 Å². The molecule has 124 valence electrons. The molecule has 0 spiro atoms. The van der Waals surface area contributed by atoms with Crippen LogP contribution in [0.15, 0.2) is 28.6 Å². The molecule has 0 saturated heterocycles. The highest BCUT2D eigenvalue weighted by Crippen LogP contribution is 2.28. The summed E-state index contributed by atoms with van der Waals surface area (Å²) in [7, 11) is 1.57. The largest absolute Gasteiger partial charge is 0.493 e. The van der Waals surface area contributed by atoms with Gasteiger partial charge >= 0.3 is 0 Å². The Balaban J connectivity index is 2.03. The Hall–Kier alpha value is -1.80. The van der Waals surface area contributed by atoms with Crippen molar-refractivity contribution in [3.05, 3.63) is 24.3 Å². The standard InChI is InChI=1S/C15H19N3O3S2/c1-4-10(21-12-9-7-6-8-11(12)20-3)13(19)16-14-17-18-15(23-14)22-5-2/h6-10H,4-5H2,1-3H3,(H,16,17,19)/t10-/m0/s1. The number of aromatic nitrogens is 2. The highest BCUT2D eigenvalue weighted by molar-refractivity contribution is 8.01. The summed E-state index contributed by atoms with van der Waals surface area (Å²) in [5.74, 6) is 1.80. The third kappa shape index (κ3) is 4.84. The molecule has 0 unspecified atom stereocenters. The molecule has 1 amide bonds. The maximum absolute atomic E-state index is 12.4. The Morgan fingerprint density at radius 2 is 2.04 bits per heavy atom. The highest BCUT2D eigenvalue weighted by Gasteiger charge is 2.21. The lowest BCUT2D eigenvalue weighted by atomic mass is 10.2. The van der Waals surface area contributed by atoms with Gasteiger partial charge < -0.3 is 9.47 Å². The van der Waals surface area contributed by atoms with Gasteiger partial charge in [0.1, 0.15) is 0 Å². The van der Waals surface area contributed by atoms with Crippen LogP contribution in [0.4, 0.5) is 5.13 Å². The first kappa shape index (κ1) is 17.6. The minimum Gasteiger partial charge on any atom is -0.493 e. The van der Waals surface area contributed by atoms with Crippen LogP contribution in [0.3, 0.4) is 0 Å². The van der Waals surface area contributed by atoms with Gasteiger partial charge in [0.25, 0.3) is 5.91 Å². The number of thioether (sulfide) groups is 1. The van der Waals surface area contributed by atoms with E-state index in [4.69, 9.17) is 9.47 Å². The maximum atomic E-state index is 12.4. The average molecular weight is 353 g/mol. The predicted molar refractivity (Wildman–Crippen MR) is 92.6 cm³/mol. The molecule has 1 heterocycles. The van der Waals surface area contributed by atoms with Gasteiger partial charge in [-0.1, -0.05) is 49.1 Å². The molecule has 2 rings (SSSR count). The zero-order valence-electron chi connectivity index (χ0n) is 13.2. The topological polar surface area (TPSA) is 73.3 Å². The van der Waals surface area contributed by atoms with E-state index in [-0.39, 0.29) is 5.91 Å². The van der Waals surface area contributed by atoms with E-state index in [2.05, 4.69) is 15.5 Å². The number of hydrogen-bond acceptors (Lipinski definition) is 7. The molecular formula is C15H19N3O3S2.